The van der Waals surface area contributed by atoms with E-state index in [0.29, 0.717) is 31.1 Å². The van der Waals surface area contributed by atoms with Gasteiger partial charge in [-0.25, -0.2) is 4.79 Å². The summed E-state index contributed by atoms with van der Waals surface area (Å²) >= 11 is 0. The summed E-state index contributed by atoms with van der Waals surface area (Å²) < 4.78 is 5.11. The number of nitrogens with one attached hydrogen (secondary N) is 2. The summed E-state index contributed by atoms with van der Waals surface area (Å²) in [5.74, 6) is 0.388. The van der Waals surface area contributed by atoms with Crippen molar-refractivity contribution >= 4 is 11.9 Å². The zero-order chi connectivity index (χ0) is 13.6. The predicted octanol–water partition coefficient (Wildman–Crippen LogP) is 0.631. The zero-order valence-electron chi connectivity index (χ0n) is 11.6. The zero-order valence-corrected chi connectivity index (χ0v) is 11.6. The molecule has 2 N–H and O–H groups in total. The lowest BCUT2D eigenvalue weighted by Crippen LogP contribution is -2.59. The fourth-order valence-corrected chi connectivity index (χ4v) is 3.99. The minimum absolute atomic E-state index is 0.133. The normalized spacial score (nSPS) is 38.3. The molecule has 0 radical (unpaired) electrons. The molecular weight excluding hydrogens is 244 g/mol. The molecule has 2 amide bonds. The van der Waals surface area contributed by atoms with E-state index in [1.807, 2.05) is 4.90 Å². The summed E-state index contributed by atoms with van der Waals surface area (Å²) in [6, 6.07) is 0.861. The average Bonchev–Trinajstić information content (AvgIpc) is 2.72. The Morgan fingerprint density at radius 1 is 1.42 bits per heavy atom. The van der Waals surface area contributed by atoms with Crippen molar-refractivity contribution in [2.75, 3.05) is 27.3 Å². The number of nitrogens with zero attached hydrogens (tertiary/aromatic N) is 2. The van der Waals surface area contributed by atoms with Gasteiger partial charge in [0.25, 0.3) is 0 Å². The third-order valence-electron chi connectivity index (χ3n) is 5.11. The van der Waals surface area contributed by atoms with E-state index in [4.69, 9.17) is 10.1 Å². The highest BCUT2D eigenvalue weighted by Crippen LogP contribution is 2.44. The van der Waals surface area contributed by atoms with Crippen molar-refractivity contribution in [3.05, 3.63) is 0 Å². The number of carbonyl (C=O) groups excluding carboxylic acids is 1. The number of ether oxygens (including phenoxy) is 1. The summed E-state index contributed by atoms with van der Waals surface area (Å²) in [4.78, 5) is 16.3. The van der Waals surface area contributed by atoms with Crippen LogP contribution in [0.1, 0.15) is 25.7 Å². The van der Waals surface area contributed by atoms with Crippen LogP contribution in [0.2, 0.25) is 0 Å². The molecule has 0 aliphatic carbocycles. The average molecular weight is 266 g/mol. The predicted molar refractivity (Wildman–Crippen MR) is 71.4 cm³/mol. The van der Waals surface area contributed by atoms with Crippen LogP contribution in [0.3, 0.4) is 0 Å². The lowest BCUT2D eigenvalue weighted by atomic mass is 9.81. The molecule has 0 aromatic heterocycles. The Kier molecular flexibility index (Phi) is 3.02. The molecule has 3 fully saturated rings. The molecule has 2 atom stereocenters. The number of piperidine rings is 1. The Balaban J connectivity index is 1.88. The smallest absolute Gasteiger partial charge is 0.323 e. The molecular formula is C13H22N4O2. The van der Waals surface area contributed by atoms with E-state index in [9.17, 15) is 4.79 Å². The van der Waals surface area contributed by atoms with Crippen molar-refractivity contribution in [3.63, 3.8) is 0 Å². The van der Waals surface area contributed by atoms with Crippen LogP contribution in [-0.2, 0) is 4.74 Å². The summed E-state index contributed by atoms with van der Waals surface area (Å²) in [6.07, 6.45) is 4.12. The lowest BCUT2D eigenvalue weighted by Gasteiger charge is -2.46. The third-order valence-corrected chi connectivity index (χ3v) is 5.11. The molecule has 0 saturated carbocycles. The van der Waals surface area contributed by atoms with Gasteiger partial charge < -0.3 is 14.5 Å². The van der Waals surface area contributed by atoms with Crippen LogP contribution < -0.4 is 5.32 Å². The molecule has 3 aliphatic rings. The Labute approximate surface area is 113 Å². The molecule has 2 bridgehead atoms. The number of carbonyl (C=O) groups is 1. The van der Waals surface area contributed by atoms with Gasteiger partial charge in [0, 0.05) is 25.7 Å². The second-order valence-electron chi connectivity index (χ2n) is 5.94. The van der Waals surface area contributed by atoms with Gasteiger partial charge in [-0.2, -0.15) is 0 Å². The highest BCUT2D eigenvalue weighted by atomic mass is 16.5. The van der Waals surface area contributed by atoms with Gasteiger partial charge in [0.1, 0.15) is 11.4 Å². The van der Waals surface area contributed by atoms with Gasteiger partial charge in [-0.15, -0.1) is 0 Å². The van der Waals surface area contributed by atoms with Gasteiger partial charge in [-0.05, 0) is 32.7 Å². The quantitative estimate of drug-likeness (QED) is 0.787. The first-order valence-electron chi connectivity index (χ1n) is 6.97. The second kappa shape index (κ2) is 4.45. The van der Waals surface area contributed by atoms with E-state index in [2.05, 4.69) is 17.3 Å². The fourth-order valence-electron chi connectivity index (χ4n) is 3.99. The van der Waals surface area contributed by atoms with Crippen molar-refractivity contribution in [2.24, 2.45) is 0 Å². The number of urea groups is 1. The first-order valence-corrected chi connectivity index (χ1v) is 6.97. The number of amidine groups is 1. The van der Waals surface area contributed by atoms with Crippen LogP contribution in [0, 0.1) is 5.41 Å². The fraction of sp³-hybridized carbons (Fsp3) is 0.846. The molecule has 6 nitrogen and oxygen atoms in total. The molecule has 0 aromatic rings. The minimum Gasteiger partial charge on any atom is -0.383 e. The molecule has 3 aliphatic heterocycles. The van der Waals surface area contributed by atoms with E-state index in [1.165, 1.54) is 12.8 Å². The van der Waals surface area contributed by atoms with Gasteiger partial charge >= 0.3 is 6.03 Å². The molecule has 3 rings (SSSR count). The number of amides is 2. The highest BCUT2D eigenvalue weighted by molar-refractivity contribution is 6.08. The maximum Gasteiger partial charge on any atom is 0.323 e. The number of hydrogen-bond acceptors (Lipinski definition) is 4. The van der Waals surface area contributed by atoms with Gasteiger partial charge in [-0.1, -0.05) is 0 Å². The maximum absolute atomic E-state index is 12.1. The monoisotopic (exact) mass is 266 g/mol. The number of fused-ring (bicyclic) bond motifs is 2. The van der Waals surface area contributed by atoms with E-state index < -0.39 is 5.54 Å². The van der Waals surface area contributed by atoms with Gasteiger partial charge in [0.05, 0.1) is 6.61 Å². The molecule has 19 heavy (non-hydrogen) atoms. The van der Waals surface area contributed by atoms with Crippen molar-refractivity contribution in [3.8, 4) is 0 Å². The Morgan fingerprint density at radius 3 is 2.63 bits per heavy atom. The molecule has 3 heterocycles. The SMILES string of the molecule is COCCN1C(=O)NC(=N)C12CC1CCC(C2)N1C. The van der Waals surface area contributed by atoms with Crippen LogP contribution >= 0.6 is 0 Å². The van der Waals surface area contributed by atoms with Crippen molar-refractivity contribution in [1.82, 2.24) is 15.1 Å². The molecule has 6 heteroatoms. The largest absolute Gasteiger partial charge is 0.383 e. The number of rotatable bonds is 3. The Morgan fingerprint density at radius 2 is 2.05 bits per heavy atom. The van der Waals surface area contributed by atoms with E-state index in [1.54, 1.807) is 7.11 Å². The molecule has 106 valence electrons. The van der Waals surface area contributed by atoms with Crippen molar-refractivity contribution in [1.29, 1.82) is 5.41 Å². The van der Waals surface area contributed by atoms with E-state index >= 15 is 0 Å². The number of methoxy groups -OCH3 is 1. The summed E-state index contributed by atoms with van der Waals surface area (Å²) in [5.41, 5.74) is -0.409. The lowest BCUT2D eigenvalue weighted by molar-refractivity contribution is 0.0561. The van der Waals surface area contributed by atoms with Crippen LogP contribution in [0.25, 0.3) is 0 Å². The number of hydrogen-bond donors (Lipinski definition) is 2. The maximum atomic E-state index is 12.1. The van der Waals surface area contributed by atoms with Crippen LogP contribution in [0.4, 0.5) is 4.79 Å². The first-order chi connectivity index (χ1) is 9.08. The van der Waals surface area contributed by atoms with Crippen LogP contribution in [0.15, 0.2) is 0 Å². The second-order valence-corrected chi connectivity index (χ2v) is 5.94. The Hall–Kier alpha value is -1.14. The van der Waals surface area contributed by atoms with Gasteiger partial charge in [0.15, 0.2) is 0 Å². The Bertz CT molecular complexity index is 397. The van der Waals surface area contributed by atoms with Crippen molar-refractivity contribution in [2.45, 2.75) is 43.3 Å². The van der Waals surface area contributed by atoms with E-state index in [0.717, 1.165) is 12.8 Å². The summed E-state index contributed by atoms with van der Waals surface area (Å²) in [5, 5.41) is 10.9. The standard InChI is InChI=1S/C13H22N4O2/c1-16-9-3-4-10(16)8-13(7-9)11(14)15-12(18)17(13)5-6-19-2/h9-10H,3-8H2,1-2H3,(H2,14,15,18). The van der Waals surface area contributed by atoms with Crippen molar-refractivity contribution < 1.29 is 9.53 Å². The van der Waals surface area contributed by atoms with E-state index in [-0.39, 0.29) is 6.03 Å². The van der Waals surface area contributed by atoms with Gasteiger partial charge in [-0.3, -0.25) is 10.7 Å². The van der Waals surface area contributed by atoms with Gasteiger partial charge in [0.2, 0.25) is 0 Å². The third kappa shape index (κ3) is 1.77. The molecule has 2 unspecified atom stereocenters. The minimum atomic E-state index is -0.409. The molecule has 3 saturated heterocycles. The first kappa shape index (κ1) is 12.9. The van der Waals surface area contributed by atoms with Crippen LogP contribution in [0.5, 0.6) is 0 Å². The highest BCUT2D eigenvalue weighted by Gasteiger charge is 2.57. The van der Waals surface area contributed by atoms with Crippen LogP contribution in [-0.4, -0.2) is 66.6 Å². The summed E-state index contributed by atoms with van der Waals surface area (Å²) in [7, 11) is 3.81. The topological polar surface area (TPSA) is 68.7 Å². The summed E-state index contributed by atoms with van der Waals surface area (Å²) in [6.45, 7) is 1.08. The molecule has 1 spiro atoms. The molecule has 0 aromatic carbocycles.